The second-order valence-electron chi connectivity index (χ2n) is 5.83. The molecule has 1 aromatic heterocycles. The number of H-pyrrole nitrogens is 1. The van der Waals surface area contributed by atoms with Crippen molar-refractivity contribution in [1.29, 1.82) is 0 Å². The number of aromatic amines is 1. The first-order valence-corrected chi connectivity index (χ1v) is 8.79. The standard InChI is InChI=1S/C16H21N5OS/c1-11-8-17-7-6-14(11)20-15(22)13-4-2-12(3-5-13)9-23-16-18-10-19-21-16/h2-5,10-11,14,17H,6-9H2,1H3,(H,20,22)(H,18,19,21). The zero-order valence-electron chi connectivity index (χ0n) is 13.1. The molecule has 1 saturated heterocycles. The molecule has 1 aliphatic rings. The number of amides is 1. The SMILES string of the molecule is CC1CNCCC1NC(=O)c1ccc(CSc2ncn[nH]2)cc1. The van der Waals surface area contributed by atoms with E-state index in [0.717, 1.165) is 36.0 Å². The van der Waals surface area contributed by atoms with Crippen molar-refractivity contribution >= 4 is 17.7 Å². The highest BCUT2D eigenvalue weighted by Crippen LogP contribution is 2.19. The minimum Gasteiger partial charge on any atom is -0.349 e. The summed E-state index contributed by atoms with van der Waals surface area (Å²) in [4.78, 5) is 16.4. The minimum absolute atomic E-state index is 0.0122. The van der Waals surface area contributed by atoms with Crippen LogP contribution in [0.5, 0.6) is 0 Å². The van der Waals surface area contributed by atoms with Gasteiger partial charge in [-0.2, -0.15) is 5.10 Å². The van der Waals surface area contributed by atoms with E-state index in [1.807, 2.05) is 24.3 Å². The molecule has 0 bridgehead atoms. The second-order valence-corrected chi connectivity index (χ2v) is 6.79. The molecule has 122 valence electrons. The van der Waals surface area contributed by atoms with Crippen LogP contribution < -0.4 is 10.6 Å². The second kappa shape index (κ2) is 7.61. The first kappa shape index (κ1) is 16.0. The van der Waals surface area contributed by atoms with Gasteiger partial charge in [-0.25, -0.2) is 4.98 Å². The number of carbonyl (C=O) groups is 1. The molecule has 1 fully saturated rings. The molecule has 2 heterocycles. The monoisotopic (exact) mass is 331 g/mol. The quantitative estimate of drug-likeness (QED) is 0.728. The normalized spacial score (nSPS) is 21.1. The van der Waals surface area contributed by atoms with E-state index in [4.69, 9.17) is 0 Å². The summed E-state index contributed by atoms with van der Waals surface area (Å²) in [6.07, 6.45) is 2.48. The summed E-state index contributed by atoms with van der Waals surface area (Å²) >= 11 is 1.59. The number of benzene rings is 1. The molecular formula is C16H21N5OS. The summed E-state index contributed by atoms with van der Waals surface area (Å²) < 4.78 is 0. The highest BCUT2D eigenvalue weighted by molar-refractivity contribution is 7.98. The Kier molecular flexibility index (Phi) is 5.30. The van der Waals surface area contributed by atoms with Crippen LogP contribution in [0.1, 0.15) is 29.3 Å². The molecule has 0 saturated carbocycles. The maximum atomic E-state index is 12.4. The summed E-state index contributed by atoms with van der Waals surface area (Å²) in [6.45, 7) is 4.09. The average molecular weight is 331 g/mol. The Labute approximate surface area is 139 Å². The van der Waals surface area contributed by atoms with Crippen molar-refractivity contribution in [3.63, 3.8) is 0 Å². The third-order valence-electron chi connectivity index (χ3n) is 4.09. The largest absolute Gasteiger partial charge is 0.349 e. The molecule has 1 aliphatic heterocycles. The van der Waals surface area contributed by atoms with Gasteiger partial charge in [-0.1, -0.05) is 30.8 Å². The van der Waals surface area contributed by atoms with Gasteiger partial charge in [-0.15, -0.1) is 0 Å². The Morgan fingerprint density at radius 1 is 1.39 bits per heavy atom. The van der Waals surface area contributed by atoms with E-state index in [-0.39, 0.29) is 11.9 Å². The molecule has 2 unspecified atom stereocenters. The zero-order chi connectivity index (χ0) is 16.1. The van der Waals surface area contributed by atoms with Crippen molar-refractivity contribution in [3.8, 4) is 0 Å². The topological polar surface area (TPSA) is 82.7 Å². The maximum absolute atomic E-state index is 12.4. The number of aromatic nitrogens is 3. The van der Waals surface area contributed by atoms with Gasteiger partial charge >= 0.3 is 0 Å². The molecule has 3 N–H and O–H groups in total. The predicted octanol–water partition coefficient (Wildman–Crippen LogP) is 1.82. The van der Waals surface area contributed by atoms with Crippen molar-refractivity contribution < 1.29 is 4.79 Å². The fourth-order valence-electron chi connectivity index (χ4n) is 2.65. The Morgan fingerprint density at radius 2 is 2.22 bits per heavy atom. The van der Waals surface area contributed by atoms with Gasteiger partial charge in [0.05, 0.1) is 0 Å². The molecule has 1 amide bonds. The lowest BCUT2D eigenvalue weighted by molar-refractivity contribution is 0.0914. The number of hydrogen-bond acceptors (Lipinski definition) is 5. The molecular weight excluding hydrogens is 310 g/mol. The first-order chi connectivity index (χ1) is 11.2. The van der Waals surface area contributed by atoms with E-state index in [1.54, 1.807) is 11.8 Å². The smallest absolute Gasteiger partial charge is 0.251 e. The van der Waals surface area contributed by atoms with Gasteiger partial charge in [-0.05, 0) is 43.1 Å². The van der Waals surface area contributed by atoms with E-state index >= 15 is 0 Å². The average Bonchev–Trinajstić information content (AvgIpc) is 3.09. The third-order valence-corrected chi connectivity index (χ3v) is 5.03. The Bertz CT molecular complexity index is 628. The minimum atomic E-state index is 0.0122. The molecule has 3 rings (SSSR count). The Morgan fingerprint density at radius 3 is 2.91 bits per heavy atom. The highest BCUT2D eigenvalue weighted by atomic mass is 32.2. The van der Waals surface area contributed by atoms with E-state index in [2.05, 4.69) is 32.7 Å². The summed E-state index contributed by atoms with van der Waals surface area (Å²) in [7, 11) is 0. The van der Waals surface area contributed by atoms with E-state index in [0.29, 0.717) is 11.5 Å². The summed E-state index contributed by atoms with van der Waals surface area (Å²) in [5.74, 6) is 1.27. The number of rotatable bonds is 5. The molecule has 0 spiro atoms. The van der Waals surface area contributed by atoms with Gasteiger partial charge in [0, 0.05) is 17.4 Å². The number of thioether (sulfide) groups is 1. The number of carbonyl (C=O) groups excluding carboxylic acids is 1. The molecule has 0 radical (unpaired) electrons. The van der Waals surface area contributed by atoms with Crippen LogP contribution in [0.2, 0.25) is 0 Å². The Hall–Kier alpha value is -1.86. The summed E-state index contributed by atoms with van der Waals surface area (Å²) in [5.41, 5.74) is 1.86. The van der Waals surface area contributed by atoms with Gasteiger partial charge in [0.1, 0.15) is 6.33 Å². The van der Waals surface area contributed by atoms with Crippen LogP contribution in [0.15, 0.2) is 35.7 Å². The number of hydrogen-bond donors (Lipinski definition) is 3. The van der Waals surface area contributed by atoms with Crippen LogP contribution in [0.25, 0.3) is 0 Å². The zero-order valence-corrected chi connectivity index (χ0v) is 13.9. The maximum Gasteiger partial charge on any atom is 0.251 e. The van der Waals surface area contributed by atoms with Crippen LogP contribution in [-0.2, 0) is 5.75 Å². The lowest BCUT2D eigenvalue weighted by atomic mass is 9.95. The van der Waals surface area contributed by atoms with Gasteiger partial charge < -0.3 is 10.6 Å². The molecule has 6 nitrogen and oxygen atoms in total. The molecule has 23 heavy (non-hydrogen) atoms. The molecule has 2 aromatic rings. The van der Waals surface area contributed by atoms with Gasteiger partial charge in [0.2, 0.25) is 0 Å². The third kappa shape index (κ3) is 4.33. The van der Waals surface area contributed by atoms with Crippen LogP contribution in [0.3, 0.4) is 0 Å². The first-order valence-electron chi connectivity index (χ1n) is 7.81. The van der Waals surface area contributed by atoms with Crippen molar-refractivity contribution in [3.05, 3.63) is 41.7 Å². The predicted molar refractivity (Wildman–Crippen MR) is 90.3 cm³/mol. The van der Waals surface area contributed by atoms with E-state index in [1.165, 1.54) is 6.33 Å². The van der Waals surface area contributed by atoms with Crippen LogP contribution in [0.4, 0.5) is 0 Å². The lowest BCUT2D eigenvalue weighted by Crippen LogP contribution is -2.48. The lowest BCUT2D eigenvalue weighted by Gasteiger charge is -2.30. The summed E-state index contributed by atoms with van der Waals surface area (Å²) in [5, 5.41) is 13.9. The molecule has 1 aromatic carbocycles. The molecule has 7 heteroatoms. The Balaban J connectivity index is 1.54. The van der Waals surface area contributed by atoms with Gasteiger partial charge in [0.15, 0.2) is 5.16 Å². The van der Waals surface area contributed by atoms with Crippen LogP contribution >= 0.6 is 11.8 Å². The van der Waals surface area contributed by atoms with Gasteiger partial charge in [-0.3, -0.25) is 9.89 Å². The van der Waals surface area contributed by atoms with Crippen LogP contribution in [-0.4, -0.2) is 40.2 Å². The molecule has 2 atom stereocenters. The fraction of sp³-hybridized carbons (Fsp3) is 0.438. The van der Waals surface area contributed by atoms with Gasteiger partial charge in [0.25, 0.3) is 5.91 Å². The molecule has 0 aliphatic carbocycles. The summed E-state index contributed by atoms with van der Waals surface area (Å²) in [6, 6.07) is 8.01. The fourth-order valence-corrected chi connectivity index (χ4v) is 3.38. The number of nitrogens with one attached hydrogen (secondary N) is 3. The van der Waals surface area contributed by atoms with Crippen molar-refractivity contribution in [2.75, 3.05) is 13.1 Å². The van der Waals surface area contributed by atoms with Crippen molar-refractivity contribution in [2.45, 2.75) is 30.3 Å². The van der Waals surface area contributed by atoms with Crippen LogP contribution in [0, 0.1) is 5.92 Å². The van der Waals surface area contributed by atoms with E-state index < -0.39 is 0 Å². The number of nitrogens with zero attached hydrogens (tertiary/aromatic N) is 2. The highest BCUT2D eigenvalue weighted by Gasteiger charge is 2.22. The van der Waals surface area contributed by atoms with Crippen molar-refractivity contribution in [1.82, 2.24) is 25.8 Å². The van der Waals surface area contributed by atoms with E-state index in [9.17, 15) is 4.79 Å². The number of piperidine rings is 1. The van der Waals surface area contributed by atoms with Crippen molar-refractivity contribution in [2.24, 2.45) is 5.92 Å².